The van der Waals surface area contributed by atoms with Crippen LogP contribution in [0.3, 0.4) is 0 Å². The van der Waals surface area contributed by atoms with E-state index in [1.165, 1.54) is 0 Å². The van der Waals surface area contributed by atoms with Gasteiger partial charge < -0.3 is 14.6 Å². The smallest absolute Gasteiger partial charge is 0.311 e. The van der Waals surface area contributed by atoms with Crippen molar-refractivity contribution in [3.63, 3.8) is 0 Å². The SMILES string of the molecule is CC(C)OC1OC(=O)C(C)C2CCCC[C@]12O. The molecule has 0 spiro atoms. The van der Waals surface area contributed by atoms with Crippen LogP contribution < -0.4 is 0 Å². The van der Waals surface area contributed by atoms with Crippen LogP contribution in [0.4, 0.5) is 0 Å². The van der Waals surface area contributed by atoms with Crippen molar-refractivity contribution in [1.82, 2.24) is 0 Å². The highest BCUT2D eigenvalue weighted by atomic mass is 16.7. The molecule has 1 aliphatic heterocycles. The van der Waals surface area contributed by atoms with Crippen molar-refractivity contribution in [3.8, 4) is 0 Å². The minimum Gasteiger partial charge on any atom is -0.432 e. The Morgan fingerprint density at radius 2 is 2.18 bits per heavy atom. The van der Waals surface area contributed by atoms with Crippen LogP contribution in [-0.4, -0.2) is 29.1 Å². The fourth-order valence-corrected chi connectivity index (χ4v) is 3.06. The van der Waals surface area contributed by atoms with Crippen molar-refractivity contribution in [2.45, 2.75) is 64.4 Å². The Morgan fingerprint density at radius 3 is 2.82 bits per heavy atom. The molecule has 1 N–H and O–H groups in total. The molecule has 2 rings (SSSR count). The lowest BCUT2D eigenvalue weighted by atomic mass is 9.68. The van der Waals surface area contributed by atoms with E-state index in [-0.39, 0.29) is 23.9 Å². The predicted octanol–water partition coefficient (Wildman–Crippen LogP) is 1.85. The molecule has 0 bridgehead atoms. The Balaban J connectivity index is 2.23. The van der Waals surface area contributed by atoms with Gasteiger partial charge in [0.25, 0.3) is 0 Å². The number of esters is 1. The second-order valence-corrected chi connectivity index (χ2v) is 5.59. The molecule has 1 saturated heterocycles. The van der Waals surface area contributed by atoms with Crippen molar-refractivity contribution < 1.29 is 19.4 Å². The number of hydrogen-bond acceptors (Lipinski definition) is 4. The Hall–Kier alpha value is -0.610. The highest BCUT2D eigenvalue weighted by Gasteiger charge is 2.55. The van der Waals surface area contributed by atoms with Gasteiger partial charge in [-0.05, 0) is 26.7 Å². The van der Waals surface area contributed by atoms with Gasteiger partial charge in [0, 0.05) is 5.92 Å². The molecule has 2 fully saturated rings. The zero-order valence-corrected chi connectivity index (χ0v) is 10.8. The van der Waals surface area contributed by atoms with Crippen LogP contribution in [0.1, 0.15) is 46.5 Å². The lowest BCUT2D eigenvalue weighted by Gasteiger charge is -2.49. The third kappa shape index (κ3) is 2.20. The summed E-state index contributed by atoms with van der Waals surface area (Å²) in [6, 6.07) is 0. The summed E-state index contributed by atoms with van der Waals surface area (Å²) in [7, 11) is 0. The zero-order valence-electron chi connectivity index (χ0n) is 10.8. The molecule has 0 aromatic rings. The minimum absolute atomic E-state index is 0.0266. The number of fused-ring (bicyclic) bond motifs is 1. The summed E-state index contributed by atoms with van der Waals surface area (Å²) >= 11 is 0. The molecular formula is C13H22O4. The predicted molar refractivity (Wildman–Crippen MR) is 62.2 cm³/mol. The van der Waals surface area contributed by atoms with Crippen LogP contribution in [0.25, 0.3) is 0 Å². The first-order valence-electron chi connectivity index (χ1n) is 6.53. The van der Waals surface area contributed by atoms with E-state index in [9.17, 15) is 9.90 Å². The molecule has 0 amide bonds. The molecule has 4 heteroatoms. The molecule has 0 aromatic heterocycles. The Labute approximate surface area is 102 Å². The number of carbonyl (C=O) groups excluding carboxylic acids is 1. The van der Waals surface area contributed by atoms with Gasteiger partial charge in [-0.3, -0.25) is 4.79 Å². The monoisotopic (exact) mass is 242 g/mol. The zero-order chi connectivity index (χ0) is 12.6. The molecule has 0 radical (unpaired) electrons. The van der Waals surface area contributed by atoms with E-state index in [0.717, 1.165) is 19.3 Å². The molecule has 3 unspecified atom stereocenters. The van der Waals surface area contributed by atoms with Gasteiger partial charge in [-0.25, -0.2) is 0 Å². The highest BCUT2D eigenvalue weighted by Crippen LogP contribution is 2.45. The van der Waals surface area contributed by atoms with Crippen LogP contribution in [0.5, 0.6) is 0 Å². The van der Waals surface area contributed by atoms with Crippen LogP contribution in [0.2, 0.25) is 0 Å². The summed E-state index contributed by atoms with van der Waals surface area (Å²) in [5.41, 5.74) is -0.990. The Morgan fingerprint density at radius 1 is 1.47 bits per heavy atom. The number of rotatable bonds is 2. The number of aliphatic hydroxyl groups is 1. The van der Waals surface area contributed by atoms with E-state index in [1.54, 1.807) is 0 Å². The highest BCUT2D eigenvalue weighted by molar-refractivity contribution is 5.73. The maximum atomic E-state index is 11.8. The third-order valence-electron chi connectivity index (χ3n) is 3.99. The maximum absolute atomic E-state index is 11.8. The molecule has 4 nitrogen and oxygen atoms in total. The summed E-state index contributed by atoms with van der Waals surface area (Å²) in [6.45, 7) is 5.61. The van der Waals surface area contributed by atoms with Crippen molar-refractivity contribution in [2.75, 3.05) is 0 Å². The second-order valence-electron chi connectivity index (χ2n) is 5.59. The Bertz CT molecular complexity index is 302. The summed E-state index contributed by atoms with van der Waals surface area (Å²) in [5, 5.41) is 10.8. The van der Waals surface area contributed by atoms with Crippen molar-refractivity contribution in [1.29, 1.82) is 0 Å². The van der Waals surface area contributed by atoms with Gasteiger partial charge in [-0.2, -0.15) is 0 Å². The van der Waals surface area contributed by atoms with Crippen molar-refractivity contribution in [2.24, 2.45) is 11.8 Å². The topological polar surface area (TPSA) is 55.8 Å². The second kappa shape index (κ2) is 4.58. The average molecular weight is 242 g/mol. The fourth-order valence-electron chi connectivity index (χ4n) is 3.06. The normalized spacial score (nSPS) is 42.2. The van der Waals surface area contributed by atoms with Gasteiger partial charge in [0.1, 0.15) is 5.60 Å². The maximum Gasteiger partial charge on any atom is 0.311 e. The molecular weight excluding hydrogens is 220 g/mol. The first kappa shape index (κ1) is 12.8. The lowest BCUT2D eigenvalue weighted by Crippen LogP contribution is -2.61. The van der Waals surface area contributed by atoms with Gasteiger partial charge in [-0.15, -0.1) is 0 Å². The van der Waals surface area contributed by atoms with E-state index in [4.69, 9.17) is 9.47 Å². The molecule has 17 heavy (non-hydrogen) atoms. The molecule has 1 aliphatic carbocycles. The summed E-state index contributed by atoms with van der Waals surface area (Å²) in [6.07, 6.45) is 2.72. The summed E-state index contributed by atoms with van der Waals surface area (Å²) in [5.74, 6) is -0.499. The molecule has 0 aromatic carbocycles. The largest absolute Gasteiger partial charge is 0.432 e. The fraction of sp³-hybridized carbons (Fsp3) is 0.923. The van der Waals surface area contributed by atoms with Gasteiger partial charge in [-0.1, -0.05) is 19.8 Å². The van der Waals surface area contributed by atoms with Crippen molar-refractivity contribution >= 4 is 5.97 Å². The Kier molecular flexibility index (Phi) is 3.46. The number of carbonyl (C=O) groups is 1. The van der Waals surface area contributed by atoms with Crippen LogP contribution >= 0.6 is 0 Å². The standard InChI is InChI=1S/C13H22O4/c1-8(2)16-12-13(15)7-5-4-6-10(13)9(3)11(14)17-12/h8-10,12,15H,4-7H2,1-3H3/t9?,10?,12?,13-/m1/s1. The lowest BCUT2D eigenvalue weighted by molar-refractivity contribution is -0.292. The first-order valence-corrected chi connectivity index (χ1v) is 6.53. The summed E-state index contributed by atoms with van der Waals surface area (Å²) < 4.78 is 10.9. The molecule has 1 heterocycles. The molecule has 98 valence electrons. The number of cyclic esters (lactones) is 1. The van der Waals surface area contributed by atoms with Crippen LogP contribution in [-0.2, 0) is 14.3 Å². The van der Waals surface area contributed by atoms with Crippen LogP contribution in [0.15, 0.2) is 0 Å². The van der Waals surface area contributed by atoms with Crippen molar-refractivity contribution in [3.05, 3.63) is 0 Å². The third-order valence-corrected chi connectivity index (χ3v) is 3.99. The molecule has 2 aliphatic rings. The first-order chi connectivity index (χ1) is 7.95. The van der Waals surface area contributed by atoms with E-state index in [0.29, 0.717) is 6.42 Å². The summed E-state index contributed by atoms with van der Waals surface area (Å²) in [4.78, 5) is 11.8. The van der Waals surface area contributed by atoms with Crippen LogP contribution in [0, 0.1) is 11.8 Å². The minimum atomic E-state index is -0.990. The van der Waals surface area contributed by atoms with Gasteiger partial charge in [0.2, 0.25) is 6.29 Å². The van der Waals surface area contributed by atoms with E-state index >= 15 is 0 Å². The van der Waals surface area contributed by atoms with E-state index in [2.05, 4.69) is 0 Å². The van der Waals surface area contributed by atoms with E-state index < -0.39 is 11.9 Å². The van der Waals surface area contributed by atoms with Gasteiger partial charge >= 0.3 is 5.97 Å². The average Bonchev–Trinajstić information content (AvgIpc) is 2.25. The van der Waals surface area contributed by atoms with E-state index in [1.807, 2.05) is 20.8 Å². The number of ether oxygens (including phenoxy) is 2. The van der Waals surface area contributed by atoms with Gasteiger partial charge in [0.15, 0.2) is 0 Å². The van der Waals surface area contributed by atoms with Gasteiger partial charge in [0.05, 0.1) is 12.0 Å². The molecule has 4 atom stereocenters. The quantitative estimate of drug-likeness (QED) is 0.751. The molecule has 1 saturated carbocycles. The number of hydrogen-bond donors (Lipinski definition) is 1.